The molecule has 0 spiro atoms. The Morgan fingerprint density at radius 2 is 2.00 bits per heavy atom. The van der Waals surface area contributed by atoms with Crippen LogP contribution in [0, 0.1) is 13.8 Å². The minimum absolute atomic E-state index is 0.0493. The summed E-state index contributed by atoms with van der Waals surface area (Å²) in [6, 6.07) is 12.5. The second-order valence-corrected chi connectivity index (χ2v) is 8.26. The number of aryl methyl sites for hydroxylation is 2. The Bertz CT molecular complexity index is 879. The molecule has 24 heavy (non-hydrogen) atoms. The monoisotopic (exact) mass is 353 g/mol. The molecule has 0 bridgehead atoms. The summed E-state index contributed by atoms with van der Waals surface area (Å²) >= 11 is 3.54. The molecule has 1 aromatic carbocycles. The van der Waals surface area contributed by atoms with Gasteiger partial charge in [-0.25, -0.2) is 0 Å². The summed E-state index contributed by atoms with van der Waals surface area (Å²) in [6.45, 7) is 4.87. The van der Waals surface area contributed by atoms with Gasteiger partial charge < -0.3 is 4.90 Å². The predicted octanol–water partition coefficient (Wildman–Crippen LogP) is 5.21. The molecule has 122 valence electrons. The van der Waals surface area contributed by atoms with Gasteiger partial charge in [-0.1, -0.05) is 23.8 Å². The van der Waals surface area contributed by atoms with Gasteiger partial charge in [0, 0.05) is 21.9 Å². The molecule has 0 saturated carbocycles. The number of carbonyl (C=O) groups excluding carboxylic acids is 1. The first-order chi connectivity index (χ1) is 11.6. The van der Waals surface area contributed by atoms with Crippen LogP contribution in [0.15, 0.2) is 47.2 Å². The van der Waals surface area contributed by atoms with Gasteiger partial charge in [0.15, 0.2) is 0 Å². The van der Waals surface area contributed by atoms with E-state index in [1.165, 1.54) is 20.9 Å². The highest BCUT2D eigenvalue weighted by Gasteiger charge is 2.34. The van der Waals surface area contributed by atoms with Gasteiger partial charge in [-0.3, -0.25) is 4.79 Å². The van der Waals surface area contributed by atoms with E-state index in [2.05, 4.69) is 46.8 Å². The quantitative estimate of drug-likeness (QED) is 0.619. The molecule has 0 saturated heterocycles. The highest BCUT2D eigenvalue weighted by Crippen LogP contribution is 2.40. The van der Waals surface area contributed by atoms with E-state index in [1.54, 1.807) is 11.3 Å². The summed E-state index contributed by atoms with van der Waals surface area (Å²) in [5.74, 6) is 0.141. The molecule has 1 amide bonds. The smallest absolute Gasteiger partial charge is 0.254 e. The van der Waals surface area contributed by atoms with Crippen molar-refractivity contribution in [3.05, 3.63) is 79.2 Å². The van der Waals surface area contributed by atoms with Gasteiger partial charge in [0.05, 0.1) is 6.04 Å². The first kappa shape index (κ1) is 15.6. The molecule has 2 aromatic heterocycles. The molecule has 1 aliphatic heterocycles. The third-order valence-corrected chi connectivity index (χ3v) is 6.57. The van der Waals surface area contributed by atoms with E-state index in [4.69, 9.17) is 0 Å². The lowest BCUT2D eigenvalue weighted by Gasteiger charge is -2.36. The number of nitrogens with zero attached hydrogens (tertiary/aromatic N) is 1. The van der Waals surface area contributed by atoms with Crippen LogP contribution >= 0.6 is 22.7 Å². The van der Waals surface area contributed by atoms with E-state index in [9.17, 15) is 4.79 Å². The summed E-state index contributed by atoms with van der Waals surface area (Å²) in [5, 5.41) is 4.24. The van der Waals surface area contributed by atoms with Crippen LogP contribution in [0.4, 0.5) is 0 Å². The normalized spacial score (nSPS) is 16.9. The number of fused-ring (bicyclic) bond motifs is 1. The van der Waals surface area contributed by atoms with Crippen molar-refractivity contribution in [1.82, 2.24) is 4.90 Å². The molecular weight excluding hydrogens is 334 g/mol. The Hall–Kier alpha value is -1.91. The van der Waals surface area contributed by atoms with Gasteiger partial charge in [-0.05, 0) is 60.4 Å². The molecule has 4 rings (SSSR count). The van der Waals surface area contributed by atoms with Crippen molar-refractivity contribution >= 4 is 28.6 Å². The molecule has 0 radical (unpaired) electrons. The SMILES string of the molecule is Cc1ccc(C(=O)N2CCc3sccc3C2c2cccs2)c(C)c1. The van der Waals surface area contributed by atoms with Crippen LogP contribution in [0.5, 0.6) is 0 Å². The summed E-state index contributed by atoms with van der Waals surface area (Å²) in [7, 11) is 0. The first-order valence-corrected chi connectivity index (χ1v) is 9.89. The fraction of sp³-hybridized carbons (Fsp3) is 0.250. The Labute approximate surface area is 150 Å². The maximum Gasteiger partial charge on any atom is 0.254 e. The highest BCUT2D eigenvalue weighted by atomic mass is 32.1. The van der Waals surface area contributed by atoms with E-state index < -0.39 is 0 Å². The van der Waals surface area contributed by atoms with Crippen molar-refractivity contribution in [2.75, 3.05) is 6.54 Å². The molecule has 3 aromatic rings. The molecule has 4 heteroatoms. The number of hydrogen-bond donors (Lipinski definition) is 0. The Balaban J connectivity index is 1.77. The second kappa shape index (κ2) is 6.19. The second-order valence-electron chi connectivity index (χ2n) is 6.28. The topological polar surface area (TPSA) is 20.3 Å². The van der Waals surface area contributed by atoms with E-state index in [-0.39, 0.29) is 11.9 Å². The van der Waals surface area contributed by atoms with Crippen LogP contribution in [-0.4, -0.2) is 17.4 Å². The molecule has 0 N–H and O–H groups in total. The third-order valence-electron chi connectivity index (χ3n) is 4.65. The average Bonchev–Trinajstić information content (AvgIpc) is 3.24. The Morgan fingerprint density at radius 3 is 2.75 bits per heavy atom. The zero-order valence-electron chi connectivity index (χ0n) is 13.8. The van der Waals surface area contributed by atoms with Crippen LogP contribution < -0.4 is 0 Å². The van der Waals surface area contributed by atoms with Gasteiger partial charge in [0.25, 0.3) is 5.91 Å². The van der Waals surface area contributed by atoms with Gasteiger partial charge in [-0.2, -0.15) is 0 Å². The van der Waals surface area contributed by atoms with E-state index in [1.807, 2.05) is 30.4 Å². The van der Waals surface area contributed by atoms with E-state index in [0.717, 1.165) is 24.1 Å². The van der Waals surface area contributed by atoms with Crippen molar-refractivity contribution in [2.24, 2.45) is 0 Å². The summed E-state index contributed by atoms with van der Waals surface area (Å²) in [6.07, 6.45) is 0.950. The lowest BCUT2D eigenvalue weighted by atomic mass is 9.96. The number of benzene rings is 1. The van der Waals surface area contributed by atoms with Crippen molar-refractivity contribution in [3.8, 4) is 0 Å². The molecule has 1 unspecified atom stereocenters. The zero-order chi connectivity index (χ0) is 16.7. The summed E-state index contributed by atoms with van der Waals surface area (Å²) < 4.78 is 0. The van der Waals surface area contributed by atoms with Crippen molar-refractivity contribution < 1.29 is 4.79 Å². The summed E-state index contributed by atoms with van der Waals surface area (Å²) in [4.78, 5) is 18.0. The minimum Gasteiger partial charge on any atom is -0.326 e. The van der Waals surface area contributed by atoms with Crippen molar-refractivity contribution in [2.45, 2.75) is 26.3 Å². The number of hydrogen-bond acceptors (Lipinski definition) is 3. The molecular formula is C20H19NOS2. The van der Waals surface area contributed by atoms with E-state index >= 15 is 0 Å². The predicted molar refractivity (Wildman–Crippen MR) is 101 cm³/mol. The largest absolute Gasteiger partial charge is 0.326 e. The van der Waals surface area contributed by atoms with Gasteiger partial charge >= 0.3 is 0 Å². The van der Waals surface area contributed by atoms with Crippen molar-refractivity contribution in [3.63, 3.8) is 0 Å². The number of carbonyl (C=O) groups is 1. The van der Waals surface area contributed by atoms with Gasteiger partial charge in [-0.15, -0.1) is 22.7 Å². The Morgan fingerprint density at radius 1 is 1.12 bits per heavy atom. The van der Waals surface area contributed by atoms with Crippen LogP contribution in [0.3, 0.4) is 0 Å². The fourth-order valence-corrected chi connectivity index (χ4v) is 5.26. The summed E-state index contributed by atoms with van der Waals surface area (Å²) in [5.41, 5.74) is 4.37. The number of thiophene rings is 2. The minimum atomic E-state index is 0.0493. The number of rotatable bonds is 2. The molecule has 2 nitrogen and oxygen atoms in total. The van der Waals surface area contributed by atoms with E-state index in [0.29, 0.717) is 0 Å². The maximum absolute atomic E-state index is 13.3. The van der Waals surface area contributed by atoms with Gasteiger partial charge in [0.1, 0.15) is 0 Å². The fourth-order valence-electron chi connectivity index (χ4n) is 3.50. The molecule has 1 atom stereocenters. The molecule has 0 fully saturated rings. The average molecular weight is 354 g/mol. The molecule has 3 heterocycles. The lowest BCUT2D eigenvalue weighted by molar-refractivity contribution is 0.0698. The van der Waals surface area contributed by atoms with Crippen LogP contribution in [-0.2, 0) is 6.42 Å². The third kappa shape index (κ3) is 2.60. The molecule has 0 aliphatic carbocycles. The first-order valence-electron chi connectivity index (χ1n) is 8.13. The van der Waals surface area contributed by atoms with Crippen LogP contribution in [0.2, 0.25) is 0 Å². The maximum atomic E-state index is 13.3. The Kier molecular flexibility index (Phi) is 4.02. The highest BCUT2D eigenvalue weighted by molar-refractivity contribution is 7.10. The standard InChI is InChI=1S/C20H19NOS2/c1-13-5-6-15(14(2)12-13)20(22)21-9-7-17-16(8-11-24-17)19(21)18-4-3-10-23-18/h3-6,8,10-12,19H,7,9H2,1-2H3. The molecule has 1 aliphatic rings. The van der Waals surface area contributed by atoms with Crippen molar-refractivity contribution in [1.29, 1.82) is 0 Å². The number of amides is 1. The van der Waals surface area contributed by atoms with Crippen LogP contribution in [0.25, 0.3) is 0 Å². The zero-order valence-corrected chi connectivity index (χ0v) is 15.4. The van der Waals surface area contributed by atoms with Gasteiger partial charge in [0.2, 0.25) is 0 Å². The van der Waals surface area contributed by atoms with Crippen LogP contribution in [0.1, 0.15) is 42.8 Å². The lowest BCUT2D eigenvalue weighted by Crippen LogP contribution is -2.40.